The van der Waals surface area contributed by atoms with Crippen molar-refractivity contribution in [3.8, 4) is 5.75 Å². The topological polar surface area (TPSA) is 33.7 Å². The fraction of sp³-hybridized carbons (Fsp3) is 0.625. The molecule has 1 N–H and O–H groups in total. The summed E-state index contributed by atoms with van der Waals surface area (Å²) in [4.78, 5) is 2.21. The molecule has 0 aromatic heterocycles. The first kappa shape index (κ1) is 14.6. The molecular weight excluding hydrogens is 271 g/mol. The van der Waals surface area contributed by atoms with E-state index in [9.17, 15) is 4.39 Å². The van der Waals surface area contributed by atoms with Crippen LogP contribution in [-0.4, -0.2) is 46.0 Å². The van der Waals surface area contributed by atoms with Gasteiger partial charge in [0.15, 0.2) is 0 Å². The Morgan fingerprint density at radius 3 is 3.14 bits per heavy atom. The molecule has 2 saturated heterocycles. The molecule has 0 amide bonds. The molecule has 0 bridgehead atoms. The minimum Gasteiger partial charge on any atom is -0.491 e. The van der Waals surface area contributed by atoms with Crippen LogP contribution in [-0.2, 0) is 4.74 Å². The quantitative estimate of drug-likeness (QED) is 0.921. The predicted octanol–water partition coefficient (Wildman–Crippen LogP) is 2.04. The summed E-state index contributed by atoms with van der Waals surface area (Å²) < 4.78 is 25.0. The van der Waals surface area contributed by atoms with Crippen LogP contribution in [0.4, 0.5) is 10.1 Å². The third-order valence-corrected chi connectivity index (χ3v) is 4.10. The van der Waals surface area contributed by atoms with Crippen molar-refractivity contribution in [1.29, 1.82) is 0 Å². The van der Waals surface area contributed by atoms with Gasteiger partial charge in [0.25, 0.3) is 0 Å². The second-order valence-electron chi connectivity index (χ2n) is 5.74. The number of anilines is 1. The predicted molar refractivity (Wildman–Crippen MR) is 80.5 cm³/mol. The Balaban J connectivity index is 1.71. The second-order valence-corrected chi connectivity index (χ2v) is 5.74. The van der Waals surface area contributed by atoms with E-state index >= 15 is 0 Å². The maximum absolute atomic E-state index is 13.6. The Labute approximate surface area is 125 Å². The summed E-state index contributed by atoms with van der Waals surface area (Å²) in [5.74, 6) is 1.03. The van der Waals surface area contributed by atoms with Crippen molar-refractivity contribution in [3.05, 3.63) is 24.0 Å². The Bertz CT molecular complexity index is 456. The van der Waals surface area contributed by atoms with Crippen molar-refractivity contribution in [1.82, 2.24) is 5.32 Å². The fourth-order valence-electron chi connectivity index (χ4n) is 2.87. The third-order valence-electron chi connectivity index (χ3n) is 4.10. The van der Waals surface area contributed by atoms with Gasteiger partial charge in [-0.25, -0.2) is 4.39 Å². The summed E-state index contributed by atoms with van der Waals surface area (Å²) in [5, 5.41) is 3.37. The number of benzene rings is 1. The molecule has 1 aromatic carbocycles. The van der Waals surface area contributed by atoms with Crippen LogP contribution >= 0.6 is 0 Å². The lowest BCUT2D eigenvalue weighted by molar-refractivity contribution is 0.167. The van der Waals surface area contributed by atoms with Crippen LogP contribution in [0.15, 0.2) is 18.2 Å². The van der Waals surface area contributed by atoms with E-state index in [4.69, 9.17) is 9.47 Å². The average Bonchev–Trinajstić information content (AvgIpc) is 2.86. The summed E-state index contributed by atoms with van der Waals surface area (Å²) in [7, 11) is 0. The van der Waals surface area contributed by atoms with Crippen LogP contribution in [0.5, 0.6) is 5.75 Å². The van der Waals surface area contributed by atoms with Gasteiger partial charge in [-0.3, -0.25) is 0 Å². The Kier molecular flexibility index (Phi) is 4.93. The van der Waals surface area contributed by atoms with Crippen molar-refractivity contribution in [2.45, 2.75) is 12.8 Å². The normalized spacial score (nSPS) is 23.1. The summed E-state index contributed by atoms with van der Waals surface area (Å²) in [5.41, 5.74) is 0.873. The van der Waals surface area contributed by atoms with E-state index in [-0.39, 0.29) is 5.82 Å². The highest BCUT2D eigenvalue weighted by atomic mass is 19.1. The van der Waals surface area contributed by atoms with Gasteiger partial charge in [-0.2, -0.15) is 0 Å². The first-order valence-corrected chi connectivity index (χ1v) is 7.79. The number of halogens is 1. The summed E-state index contributed by atoms with van der Waals surface area (Å²) >= 11 is 0. The molecular formula is C16H23FN2O2. The number of hydrogen-bond acceptors (Lipinski definition) is 4. The molecule has 2 heterocycles. The molecule has 21 heavy (non-hydrogen) atoms. The molecule has 0 spiro atoms. The molecule has 1 unspecified atom stereocenters. The Hall–Kier alpha value is -1.33. The number of nitrogens with zero attached hydrogens (tertiary/aromatic N) is 1. The lowest BCUT2D eigenvalue weighted by Crippen LogP contribution is -2.28. The van der Waals surface area contributed by atoms with Crippen LogP contribution in [0, 0.1) is 11.7 Å². The van der Waals surface area contributed by atoms with E-state index in [1.165, 1.54) is 6.07 Å². The largest absolute Gasteiger partial charge is 0.491 e. The number of rotatable bonds is 4. The summed E-state index contributed by atoms with van der Waals surface area (Å²) in [6.07, 6.45) is 2.11. The van der Waals surface area contributed by atoms with Crippen molar-refractivity contribution in [2.24, 2.45) is 5.92 Å². The van der Waals surface area contributed by atoms with Crippen LogP contribution < -0.4 is 15.0 Å². The SMILES string of the molecule is Fc1ccc(OCC2CCOC2)c(N2CCCNCC2)c1. The minimum atomic E-state index is -0.209. The monoisotopic (exact) mass is 294 g/mol. The van der Waals surface area contributed by atoms with Crippen molar-refractivity contribution >= 4 is 5.69 Å². The van der Waals surface area contributed by atoms with Gasteiger partial charge >= 0.3 is 0 Å². The molecule has 3 rings (SSSR count). The maximum Gasteiger partial charge on any atom is 0.142 e. The van der Waals surface area contributed by atoms with Gasteiger partial charge in [-0.05, 0) is 31.5 Å². The first-order chi connectivity index (χ1) is 10.3. The standard InChI is InChI=1S/C16H23FN2O2/c17-14-2-3-16(21-12-13-4-9-20-11-13)15(10-14)19-7-1-5-18-6-8-19/h2-3,10,13,18H,1,4-9,11-12H2. The second kappa shape index (κ2) is 7.09. The first-order valence-electron chi connectivity index (χ1n) is 7.79. The highest BCUT2D eigenvalue weighted by Crippen LogP contribution is 2.30. The third kappa shape index (κ3) is 3.86. The summed E-state index contributed by atoms with van der Waals surface area (Å²) in [6, 6.07) is 4.81. The van der Waals surface area contributed by atoms with Gasteiger partial charge in [0.05, 0.1) is 18.9 Å². The zero-order valence-electron chi connectivity index (χ0n) is 12.3. The molecule has 2 fully saturated rings. The zero-order chi connectivity index (χ0) is 14.5. The molecule has 0 aliphatic carbocycles. The number of hydrogen-bond donors (Lipinski definition) is 1. The molecule has 1 aromatic rings. The maximum atomic E-state index is 13.6. The van der Waals surface area contributed by atoms with Crippen LogP contribution in [0.25, 0.3) is 0 Å². The smallest absolute Gasteiger partial charge is 0.142 e. The molecule has 4 nitrogen and oxygen atoms in total. The van der Waals surface area contributed by atoms with E-state index in [1.54, 1.807) is 12.1 Å². The highest BCUT2D eigenvalue weighted by molar-refractivity contribution is 5.58. The van der Waals surface area contributed by atoms with Gasteiger partial charge in [-0.1, -0.05) is 0 Å². The van der Waals surface area contributed by atoms with Crippen molar-refractivity contribution in [3.63, 3.8) is 0 Å². The lowest BCUT2D eigenvalue weighted by Gasteiger charge is -2.25. The van der Waals surface area contributed by atoms with Crippen molar-refractivity contribution < 1.29 is 13.9 Å². The van der Waals surface area contributed by atoms with E-state index in [0.29, 0.717) is 12.5 Å². The van der Waals surface area contributed by atoms with Crippen LogP contribution in [0.1, 0.15) is 12.8 Å². The van der Waals surface area contributed by atoms with E-state index in [1.807, 2.05) is 0 Å². The number of ether oxygens (including phenoxy) is 2. The van der Waals surface area contributed by atoms with Crippen molar-refractivity contribution in [2.75, 3.05) is 50.9 Å². The lowest BCUT2D eigenvalue weighted by atomic mass is 10.1. The number of nitrogens with one attached hydrogen (secondary N) is 1. The van der Waals surface area contributed by atoms with E-state index in [0.717, 1.165) is 63.7 Å². The molecule has 116 valence electrons. The van der Waals surface area contributed by atoms with Crippen LogP contribution in [0.3, 0.4) is 0 Å². The zero-order valence-corrected chi connectivity index (χ0v) is 12.3. The Morgan fingerprint density at radius 1 is 1.33 bits per heavy atom. The van der Waals surface area contributed by atoms with Gasteiger partial charge in [-0.15, -0.1) is 0 Å². The van der Waals surface area contributed by atoms with Gasteiger partial charge in [0.2, 0.25) is 0 Å². The molecule has 5 heteroatoms. The molecule has 1 atom stereocenters. The molecule has 0 saturated carbocycles. The van der Waals surface area contributed by atoms with Gasteiger partial charge in [0.1, 0.15) is 11.6 Å². The van der Waals surface area contributed by atoms with Gasteiger partial charge in [0, 0.05) is 38.2 Å². The molecule has 0 radical (unpaired) electrons. The van der Waals surface area contributed by atoms with Gasteiger partial charge < -0.3 is 19.7 Å². The minimum absolute atomic E-state index is 0.209. The van der Waals surface area contributed by atoms with E-state index < -0.39 is 0 Å². The Morgan fingerprint density at radius 2 is 2.29 bits per heavy atom. The summed E-state index contributed by atoms with van der Waals surface area (Å²) in [6.45, 7) is 5.98. The highest BCUT2D eigenvalue weighted by Gasteiger charge is 2.19. The average molecular weight is 294 g/mol. The van der Waals surface area contributed by atoms with Crippen LogP contribution in [0.2, 0.25) is 0 Å². The fourth-order valence-corrected chi connectivity index (χ4v) is 2.87. The molecule has 2 aliphatic rings. The molecule has 2 aliphatic heterocycles. The van der Waals surface area contributed by atoms with E-state index in [2.05, 4.69) is 10.2 Å².